The lowest BCUT2D eigenvalue weighted by Gasteiger charge is -2.29. The molecule has 0 aromatic rings. The fourth-order valence-electron chi connectivity index (χ4n) is 3.27. The molecule has 2 saturated heterocycles. The van der Waals surface area contributed by atoms with Crippen LogP contribution in [-0.2, 0) is 0 Å². The fraction of sp³-hybridized carbons (Fsp3) is 1.00. The van der Waals surface area contributed by atoms with Gasteiger partial charge in [0, 0.05) is 25.7 Å². The van der Waals surface area contributed by atoms with E-state index in [1.165, 1.54) is 58.4 Å². The molecule has 1 atom stereocenters. The number of hydrogen-bond acceptors (Lipinski definition) is 4. The largest absolute Gasteiger partial charge is 0.315 e. The molecule has 0 spiro atoms. The van der Waals surface area contributed by atoms with Crippen LogP contribution >= 0.6 is 0 Å². The van der Waals surface area contributed by atoms with Crippen molar-refractivity contribution in [3.8, 4) is 0 Å². The van der Waals surface area contributed by atoms with Crippen LogP contribution < -0.4 is 10.6 Å². The second-order valence-corrected chi connectivity index (χ2v) is 6.49. The zero-order valence-electron chi connectivity index (χ0n) is 12.8. The summed E-state index contributed by atoms with van der Waals surface area (Å²) in [5, 5.41) is 7.26. The Morgan fingerprint density at radius 1 is 0.895 bits per heavy atom. The van der Waals surface area contributed by atoms with Gasteiger partial charge >= 0.3 is 0 Å². The summed E-state index contributed by atoms with van der Waals surface area (Å²) in [7, 11) is 4.46. The predicted molar refractivity (Wildman–Crippen MR) is 81.6 cm³/mol. The molecule has 19 heavy (non-hydrogen) atoms. The Hall–Kier alpha value is -0.160. The molecule has 0 amide bonds. The smallest absolute Gasteiger partial charge is 0.00919 e. The number of piperidine rings is 1. The highest BCUT2D eigenvalue weighted by atomic mass is 15.1. The highest BCUT2D eigenvalue weighted by molar-refractivity contribution is 4.76. The summed E-state index contributed by atoms with van der Waals surface area (Å²) < 4.78 is 0. The van der Waals surface area contributed by atoms with E-state index in [1.54, 1.807) is 0 Å². The first kappa shape index (κ1) is 15.2. The SMILES string of the molecule is CN1CCC(NCCNCCC2CCN(C)C2)CC1. The van der Waals surface area contributed by atoms with Gasteiger partial charge in [-0.2, -0.15) is 0 Å². The van der Waals surface area contributed by atoms with Gasteiger partial charge in [0.05, 0.1) is 0 Å². The summed E-state index contributed by atoms with van der Waals surface area (Å²) >= 11 is 0. The van der Waals surface area contributed by atoms with Crippen molar-refractivity contribution in [3.05, 3.63) is 0 Å². The number of nitrogens with zero attached hydrogens (tertiary/aromatic N) is 2. The Morgan fingerprint density at radius 2 is 1.63 bits per heavy atom. The van der Waals surface area contributed by atoms with Crippen LogP contribution in [0.15, 0.2) is 0 Å². The minimum Gasteiger partial charge on any atom is -0.315 e. The standard InChI is InChI=1S/C15H32N4/c1-18-11-5-15(6-12-18)17-9-8-16-7-3-14-4-10-19(2)13-14/h14-17H,3-13H2,1-2H3. The van der Waals surface area contributed by atoms with Gasteiger partial charge < -0.3 is 20.4 Å². The number of likely N-dealkylation sites (tertiary alicyclic amines) is 2. The number of nitrogens with one attached hydrogen (secondary N) is 2. The van der Waals surface area contributed by atoms with Crippen molar-refractivity contribution in [2.45, 2.75) is 31.7 Å². The molecule has 112 valence electrons. The molecule has 2 fully saturated rings. The first-order valence-electron chi connectivity index (χ1n) is 8.05. The van der Waals surface area contributed by atoms with E-state index in [0.717, 1.165) is 25.0 Å². The fourth-order valence-corrected chi connectivity index (χ4v) is 3.27. The lowest BCUT2D eigenvalue weighted by molar-refractivity contribution is 0.235. The first-order chi connectivity index (χ1) is 9.24. The van der Waals surface area contributed by atoms with Gasteiger partial charge in [-0.25, -0.2) is 0 Å². The van der Waals surface area contributed by atoms with Gasteiger partial charge in [-0.1, -0.05) is 0 Å². The molecule has 0 bridgehead atoms. The van der Waals surface area contributed by atoms with Crippen LogP contribution in [0.25, 0.3) is 0 Å². The third-order valence-electron chi connectivity index (χ3n) is 4.67. The summed E-state index contributed by atoms with van der Waals surface area (Å²) in [4.78, 5) is 4.88. The van der Waals surface area contributed by atoms with E-state index in [-0.39, 0.29) is 0 Å². The second-order valence-electron chi connectivity index (χ2n) is 6.49. The molecule has 2 aliphatic heterocycles. The van der Waals surface area contributed by atoms with E-state index in [2.05, 4.69) is 34.5 Å². The van der Waals surface area contributed by atoms with Crippen LogP contribution in [0.1, 0.15) is 25.7 Å². The highest BCUT2D eigenvalue weighted by Gasteiger charge is 2.18. The van der Waals surface area contributed by atoms with Crippen molar-refractivity contribution in [1.29, 1.82) is 0 Å². The van der Waals surface area contributed by atoms with Gasteiger partial charge in [-0.05, 0) is 71.9 Å². The minimum atomic E-state index is 0.751. The third-order valence-corrected chi connectivity index (χ3v) is 4.67. The van der Waals surface area contributed by atoms with Gasteiger partial charge in [0.1, 0.15) is 0 Å². The van der Waals surface area contributed by atoms with E-state index >= 15 is 0 Å². The third kappa shape index (κ3) is 5.78. The molecule has 2 rings (SSSR count). The van der Waals surface area contributed by atoms with Crippen molar-refractivity contribution in [3.63, 3.8) is 0 Å². The molecular weight excluding hydrogens is 236 g/mol. The van der Waals surface area contributed by atoms with Gasteiger partial charge in [0.15, 0.2) is 0 Å². The van der Waals surface area contributed by atoms with Crippen LogP contribution in [0, 0.1) is 5.92 Å². The topological polar surface area (TPSA) is 30.5 Å². The van der Waals surface area contributed by atoms with Crippen LogP contribution in [0.5, 0.6) is 0 Å². The van der Waals surface area contributed by atoms with E-state index in [1.807, 2.05) is 0 Å². The molecule has 0 aromatic carbocycles. The zero-order chi connectivity index (χ0) is 13.5. The van der Waals surface area contributed by atoms with Crippen molar-refractivity contribution < 1.29 is 0 Å². The molecule has 0 saturated carbocycles. The Balaban J connectivity index is 1.40. The molecule has 4 heteroatoms. The quantitative estimate of drug-likeness (QED) is 0.662. The molecule has 2 N–H and O–H groups in total. The molecule has 0 radical (unpaired) electrons. The normalized spacial score (nSPS) is 27.2. The molecule has 2 heterocycles. The van der Waals surface area contributed by atoms with E-state index in [0.29, 0.717) is 0 Å². The number of hydrogen-bond donors (Lipinski definition) is 2. The summed E-state index contributed by atoms with van der Waals surface area (Å²) in [6.07, 6.45) is 5.36. The molecule has 0 aromatic heterocycles. The highest BCUT2D eigenvalue weighted by Crippen LogP contribution is 2.16. The second kappa shape index (κ2) is 8.20. The summed E-state index contributed by atoms with van der Waals surface area (Å²) in [5.74, 6) is 0.930. The van der Waals surface area contributed by atoms with Crippen LogP contribution in [0.2, 0.25) is 0 Å². The maximum Gasteiger partial charge on any atom is 0.00919 e. The Bertz CT molecular complexity index is 238. The number of rotatable bonds is 7. The molecule has 1 unspecified atom stereocenters. The van der Waals surface area contributed by atoms with Crippen molar-refractivity contribution in [1.82, 2.24) is 20.4 Å². The summed E-state index contributed by atoms with van der Waals surface area (Å²) in [5.41, 5.74) is 0. The first-order valence-corrected chi connectivity index (χ1v) is 8.05. The molecular formula is C15H32N4. The molecule has 0 aliphatic carbocycles. The lowest BCUT2D eigenvalue weighted by atomic mass is 10.1. The average molecular weight is 268 g/mol. The Kier molecular flexibility index (Phi) is 6.57. The van der Waals surface area contributed by atoms with E-state index < -0.39 is 0 Å². The maximum atomic E-state index is 3.68. The molecule has 4 nitrogen and oxygen atoms in total. The predicted octanol–water partition coefficient (Wildman–Crippen LogP) is 0.602. The summed E-state index contributed by atoms with van der Waals surface area (Å²) in [6.45, 7) is 8.53. The van der Waals surface area contributed by atoms with Gasteiger partial charge in [0.25, 0.3) is 0 Å². The van der Waals surface area contributed by atoms with Crippen molar-refractivity contribution in [2.24, 2.45) is 5.92 Å². The minimum absolute atomic E-state index is 0.751. The lowest BCUT2D eigenvalue weighted by Crippen LogP contribution is -2.43. The van der Waals surface area contributed by atoms with Gasteiger partial charge in [0.2, 0.25) is 0 Å². The van der Waals surface area contributed by atoms with Gasteiger partial charge in [-0.3, -0.25) is 0 Å². The summed E-state index contributed by atoms with van der Waals surface area (Å²) in [6, 6.07) is 0.751. The van der Waals surface area contributed by atoms with Crippen LogP contribution in [0.3, 0.4) is 0 Å². The Labute approximate surface area is 118 Å². The van der Waals surface area contributed by atoms with Crippen LogP contribution in [0.4, 0.5) is 0 Å². The Morgan fingerprint density at radius 3 is 2.32 bits per heavy atom. The zero-order valence-corrected chi connectivity index (χ0v) is 12.8. The van der Waals surface area contributed by atoms with Crippen LogP contribution in [-0.4, -0.2) is 75.8 Å². The van der Waals surface area contributed by atoms with E-state index in [9.17, 15) is 0 Å². The van der Waals surface area contributed by atoms with Crippen molar-refractivity contribution >= 4 is 0 Å². The van der Waals surface area contributed by atoms with E-state index in [4.69, 9.17) is 0 Å². The monoisotopic (exact) mass is 268 g/mol. The average Bonchev–Trinajstić information content (AvgIpc) is 2.81. The van der Waals surface area contributed by atoms with Gasteiger partial charge in [-0.15, -0.1) is 0 Å². The molecule has 2 aliphatic rings. The van der Waals surface area contributed by atoms with Crippen molar-refractivity contribution in [2.75, 3.05) is 59.9 Å². The maximum absolute atomic E-state index is 3.68.